The van der Waals surface area contributed by atoms with Crippen LogP contribution in [0.3, 0.4) is 0 Å². The number of carboxylic acid groups (broad SMARTS) is 1. The Morgan fingerprint density at radius 3 is 2.76 bits per heavy atom. The van der Waals surface area contributed by atoms with Crippen molar-refractivity contribution in [3.8, 4) is 11.8 Å². The molecule has 0 bridgehead atoms. The van der Waals surface area contributed by atoms with Gasteiger partial charge >= 0.3 is 5.97 Å². The predicted octanol–water partition coefficient (Wildman–Crippen LogP) is 1.63. The van der Waals surface area contributed by atoms with E-state index >= 15 is 0 Å². The molecule has 0 saturated heterocycles. The van der Waals surface area contributed by atoms with E-state index in [4.69, 9.17) is 20.8 Å². The number of hydrogen-bond acceptors (Lipinski definition) is 4. The monoisotopic (exact) mass is 234 g/mol. The molecule has 0 aliphatic rings. The maximum absolute atomic E-state index is 10.9. The highest BCUT2D eigenvalue weighted by atomic mass is 16.5. The van der Waals surface area contributed by atoms with Crippen molar-refractivity contribution in [1.29, 1.82) is 5.26 Å². The van der Waals surface area contributed by atoms with E-state index in [1.165, 1.54) is 6.07 Å². The van der Waals surface area contributed by atoms with E-state index in [1.54, 1.807) is 26.0 Å². The van der Waals surface area contributed by atoms with E-state index in [9.17, 15) is 4.79 Å². The van der Waals surface area contributed by atoms with E-state index in [-0.39, 0.29) is 6.61 Å². The molecule has 0 spiro atoms. The summed E-state index contributed by atoms with van der Waals surface area (Å²) in [5.74, 6) is -0.609. The zero-order valence-electron chi connectivity index (χ0n) is 9.73. The highest BCUT2D eigenvalue weighted by molar-refractivity contribution is 5.73. The molecule has 1 rings (SSSR count). The normalized spacial score (nSPS) is 10.6. The maximum atomic E-state index is 10.9. The zero-order valence-corrected chi connectivity index (χ0v) is 9.73. The van der Waals surface area contributed by atoms with Gasteiger partial charge in [0.1, 0.15) is 18.4 Å². The molecule has 0 aliphatic carbocycles. The molecule has 1 aromatic carbocycles. The molecule has 17 heavy (non-hydrogen) atoms. The van der Waals surface area contributed by atoms with Gasteiger partial charge in [0.15, 0.2) is 0 Å². The van der Waals surface area contributed by atoms with Gasteiger partial charge in [-0.05, 0) is 32.0 Å². The number of anilines is 1. The second-order valence-electron chi connectivity index (χ2n) is 4.35. The molecule has 90 valence electrons. The predicted molar refractivity (Wildman–Crippen MR) is 62.5 cm³/mol. The van der Waals surface area contributed by atoms with Crippen LogP contribution in [-0.2, 0) is 4.79 Å². The lowest BCUT2D eigenvalue weighted by molar-refractivity contribution is -0.148. The maximum Gasteiger partial charge on any atom is 0.312 e. The Hall–Kier alpha value is -2.22. The molecule has 0 fully saturated rings. The first-order valence-corrected chi connectivity index (χ1v) is 5.02. The highest BCUT2D eigenvalue weighted by Gasteiger charge is 2.28. The van der Waals surface area contributed by atoms with Crippen LogP contribution in [0.25, 0.3) is 0 Å². The number of nitriles is 1. The number of carboxylic acids is 1. The molecule has 0 saturated carbocycles. The van der Waals surface area contributed by atoms with Gasteiger partial charge in [-0.1, -0.05) is 0 Å². The van der Waals surface area contributed by atoms with Gasteiger partial charge in [0, 0.05) is 5.69 Å². The summed E-state index contributed by atoms with van der Waals surface area (Å²) in [6.45, 7) is 3.10. The molecule has 3 N–H and O–H groups in total. The summed E-state index contributed by atoms with van der Waals surface area (Å²) >= 11 is 0. The summed E-state index contributed by atoms with van der Waals surface area (Å²) in [5.41, 5.74) is 5.29. The van der Waals surface area contributed by atoms with Gasteiger partial charge in [-0.15, -0.1) is 0 Å². The quantitative estimate of drug-likeness (QED) is 0.772. The van der Waals surface area contributed by atoms with Crippen LogP contribution in [0.5, 0.6) is 5.75 Å². The third-order valence-corrected chi connectivity index (χ3v) is 2.29. The number of benzene rings is 1. The smallest absolute Gasteiger partial charge is 0.312 e. The number of nitrogens with two attached hydrogens (primary N) is 1. The fourth-order valence-electron chi connectivity index (χ4n) is 1.08. The van der Waals surface area contributed by atoms with Crippen LogP contribution in [0, 0.1) is 16.7 Å². The second-order valence-corrected chi connectivity index (χ2v) is 4.35. The van der Waals surface area contributed by atoms with Crippen molar-refractivity contribution in [3.05, 3.63) is 23.8 Å². The van der Waals surface area contributed by atoms with Gasteiger partial charge in [-0.25, -0.2) is 0 Å². The summed E-state index contributed by atoms with van der Waals surface area (Å²) in [6, 6.07) is 6.60. The van der Waals surface area contributed by atoms with Gasteiger partial charge in [-0.3, -0.25) is 4.79 Å². The van der Waals surface area contributed by atoms with Crippen LogP contribution in [0.15, 0.2) is 18.2 Å². The van der Waals surface area contributed by atoms with E-state index in [0.717, 1.165) is 0 Å². The average Bonchev–Trinajstić information content (AvgIpc) is 2.27. The molecule has 1 aromatic rings. The summed E-state index contributed by atoms with van der Waals surface area (Å²) in [7, 11) is 0. The Kier molecular flexibility index (Phi) is 3.59. The molecule has 0 aliphatic heterocycles. The molecule has 0 amide bonds. The van der Waals surface area contributed by atoms with Gasteiger partial charge in [-0.2, -0.15) is 5.26 Å². The number of hydrogen-bond donors (Lipinski definition) is 2. The average molecular weight is 234 g/mol. The van der Waals surface area contributed by atoms with Gasteiger partial charge in [0.2, 0.25) is 0 Å². The molecule has 0 atom stereocenters. The van der Waals surface area contributed by atoms with Crippen molar-refractivity contribution in [3.63, 3.8) is 0 Å². The Labute approximate surface area is 99.4 Å². The number of nitrogen functional groups attached to an aromatic ring is 1. The van der Waals surface area contributed by atoms with Crippen molar-refractivity contribution in [1.82, 2.24) is 0 Å². The van der Waals surface area contributed by atoms with E-state index in [1.807, 2.05) is 6.07 Å². The first-order chi connectivity index (χ1) is 7.86. The number of aliphatic carboxylic acids is 1. The number of rotatable bonds is 4. The van der Waals surface area contributed by atoms with Gasteiger partial charge in [0.05, 0.1) is 11.0 Å². The van der Waals surface area contributed by atoms with Crippen LogP contribution < -0.4 is 10.5 Å². The molecule has 0 heterocycles. The first-order valence-electron chi connectivity index (χ1n) is 5.02. The third-order valence-electron chi connectivity index (χ3n) is 2.29. The highest BCUT2D eigenvalue weighted by Crippen LogP contribution is 2.23. The van der Waals surface area contributed by atoms with E-state index < -0.39 is 11.4 Å². The van der Waals surface area contributed by atoms with Crippen LogP contribution in [-0.4, -0.2) is 17.7 Å². The molecule has 0 radical (unpaired) electrons. The van der Waals surface area contributed by atoms with Gasteiger partial charge < -0.3 is 15.6 Å². The lowest BCUT2D eigenvalue weighted by Gasteiger charge is -2.19. The molecule has 5 heteroatoms. The Morgan fingerprint density at radius 1 is 1.59 bits per heavy atom. The fourth-order valence-corrected chi connectivity index (χ4v) is 1.08. The molecular weight excluding hydrogens is 220 g/mol. The van der Waals surface area contributed by atoms with Crippen LogP contribution in [0.1, 0.15) is 19.4 Å². The third kappa shape index (κ3) is 3.11. The van der Waals surface area contributed by atoms with Crippen LogP contribution in [0.4, 0.5) is 5.69 Å². The minimum atomic E-state index is -1.01. The minimum Gasteiger partial charge on any atom is -0.491 e. The summed E-state index contributed by atoms with van der Waals surface area (Å²) < 4.78 is 5.35. The summed E-state index contributed by atoms with van der Waals surface area (Å²) in [6.07, 6.45) is 0. The van der Waals surface area contributed by atoms with Crippen LogP contribution in [0.2, 0.25) is 0 Å². The van der Waals surface area contributed by atoms with Gasteiger partial charge in [0.25, 0.3) is 0 Å². The van der Waals surface area contributed by atoms with Crippen molar-refractivity contribution in [2.24, 2.45) is 5.41 Å². The number of carbonyl (C=O) groups is 1. The van der Waals surface area contributed by atoms with Crippen molar-refractivity contribution < 1.29 is 14.6 Å². The molecule has 0 unspecified atom stereocenters. The standard InChI is InChI=1S/C12H14N2O3/c1-12(2,11(15)16)7-17-10-4-3-9(14)5-8(10)6-13/h3-5H,7,14H2,1-2H3,(H,15,16). The van der Waals surface area contributed by atoms with Crippen molar-refractivity contribution in [2.45, 2.75) is 13.8 Å². The first kappa shape index (κ1) is 12.8. The van der Waals surface area contributed by atoms with E-state index in [2.05, 4.69) is 0 Å². The SMILES string of the molecule is CC(C)(COc1ccc(N)cc1C#N)C(=O)O. The summed E-state index contributed by atoms with van der Waals surface area (Å²) in [5, 5.41) is 17.8. The molecule has 0 aromatic heterocycles. The summed E-state index contributed by atoms with van der Waals surface area (Å²) in [4.78, 5) is 10.9. The van der Waals surface area contributed by atoms with Crippen molar-refractivity contribution >= 4 is 11.7 Å². The van der Waals surface area contributed by atoms with Crippen LogP contribution >= 0.6 is 0 Å². The lowest BCUT2D eigenvalue weighted by Crippen LogP contribution is -2.30. The lowest BCUT2D eigenvalue weighted by atomic mass is 9.95. The second kappa shape index (κ2) is 4.74. The largest absolute Gasteiger partial charge is 0.491 e. The zero-order chi connectivity index (χ0) is 13.1. The minimum absolute atomic E-state index is 0.0130. The molecular formula is C12H14N2O3. The van der Waals surface area contributed by atoms with E-state index in [0.29, 0.717) is 17.0 Å². The van der Waals surface area contributed by atoms with Crippen molar-refractivity contribution in [2.75, 3.05) is 12.3 Å². The Morgan fingerprint density at radius 2 is 2.24 bits per heavy atom. The fraction of sp³-hybridized carbons (Fsp3) is 0.333. The topological polar surface area (TPSA) is 96.3 Å². The number of nitrogens with zero attached hydrogens (tertiary/aromatic N) is 1. The Bertz CT molecular complexity index is 475. The Balaban J connectivity index is 2.84. The molecule has 5 nitrogen and oxygen atoms in total. The number of ether oxygens (including phenoxy) is 1.